The number of hydrogen-bond acceptors (Lipinski definition) is 3. The molecule has 0 saturated heterocycles. The quantitative estimate of drug-likeness (QED) is 0.527. The SMILES string of the molecule is CCn1cc(C=NNC(=O)[C@]2(C)CC2(Cl)Cl)c(C)n1. The molecule has 5 nitrogen and oxygen atoms in total. The summed E-state index contributed by atoms with van der Waals surface area (Å²) in [5.41, 5.74) is 3.44. The van der Waals surface area contributed by atoms with Gasteiger partial charge in [0.05, 0.1) is 17.3 Å². The molecule has 1 N–H and O–H groups in total. The normalized spacial score (nSPS) is 24.7. The molecule has 0 spiro atoms. The van der Waals surface area contributed by atoms with E-state index in [1.54, 1.807) is 13.1 Å². The van der Waals surface area contributed by atoms with Gasteiger partial charge in [0.25, 0.3) is 0 Å². The molecule has 0 bridgehead atoms. The number of halogens is 2. The van der Waals surface area contributed by atoms with Crippen LogP contribution in [0.4, 0.5) is 0 Å². The molecule has 104 valence electrons. The molecule has 1 fully saturated rings. The van der Waals surface area contributed by atoms with Gasteiger partial charge in [-0.1, -0.05) is 0 Å². The number of carbonyl (C=O) groups is 1. The Hall–Kier alpha value is -1.07. The maximum absolute atomic E-state index is 11.9. The maximum atomic E-state index is 11.9. The number of nitrogens with zero attached hydrogens (tertiary/aromatic N) is 3. The molecule has 1 saturated carbocycles. The molecule has 0 aliphatic heterocycles. The molecule has 1 aromatic rings. The first kappa shape index (κ1) is 14.3. The van der Waals surface area contributed by atoms with E-state index in [0.717, 1.165) is 17.8 Å². The first-order valence-corrected chi connectivity index (χ1v) is 6.81. The highest BCUT2D eigenvalue weighted by atomic mass is 35.5. The van der Waals surface area contributed by atoms with E-state index in [0.29, 0.717) is 6.42 Å². The van der Waals surface area contributed by atoms with Gasteiger partial charge in [-0.05, 0) is 27.2 Å². The van der Waals surface area contributed by atoms with E-state index in [1.165, 1.54) is 0 Å². The third-order valence-electron chi connectivity index (χ3n) is 3.44. The van der Waals surface area contributed by atoms with Crippen LogP contribution in [-0.2, 0) is 11.3 Å². The average Bonchev–Trinajstić information content (AvgIpc) is 2.68. The van der Waals surface area contributed by atoms with Gasteiger partial charge in [-0.15, -0.1) is 23.2 Å². The van der Waals surface area contributed by atoms with E-state index in [-0.39, 0.29) is 5.91 Å². The van der Waals surface area contributed by atoms with Crippen LogP contribution in [-0.4, -0.2) is 26.2 Å². The Kier molecular flexibility index (Phi) is 3.62. The molecule has 2 rings (SSSR count). The van der Waals surface area contributed by atoms with Crippen molar-refractivity contribution in [2.24, 2.45) is 10.5 Å². The van der Waals surface area contributed by atoms with Crippen molar-refractivity contribution in [3.05, 3.63) is 17.5 Å². The second kappa shape index (κ2) is 4.80. The van der Waals surface area contributed by atoms with Crippen molar-refractivity contribution >= 4 is 35.3 Å². The van der Waals surface area contributed by atoms with Gasteiger partial charge in [0.15, 0.2) is 0 Å². The Bertz CT molecular complexity index is 538. The molecular weight excluding hydrogens is 287 g/mol. The molecule has 1 aromatic heterocycles. The highest BCUT2D eigenvalue weighted by Crippen LogP contribution is 2.63. The summed E-state index contributed by atoms with van der Waals surface area (Å²) in [6.07, 6.45) is 3.89. The van der Waals surface area contributed by atoms with E-state index >= 15 is 0 Å². The zero-order chi connectivity index (χ0) is 14.3. The lowest BCUT2D eigenvalue weighted by Gasteiger charge is -2.08. The fourth-order valence-electron chi connectivity index (χ4n) is 1.75. The van der Waals surface area contributed by atoms with Crippen LogP contribution in [0.3, 0.4) is 0 Å². The third-order valence-corrected chi connectivity index (χ3v) is 4.54. The van der Waals surface area contributed by atoms with E-state index in [9.17, 15) is 4.79 Å². The van der Waals surface area contributed by atoms with E-state index in [1.807, 2.05) is 24.7 Å². The standard InChI is InChI=1S/C12H16Cl2N4O/c1-4-18-6-9(8(2)17-18)5-15-16-10(19)11(3)7-12(11,13)14/h5-6H,4,7H2,1-3H3,(H,16,19)/t11-/m0/s1. The molecule has 7 heteroatoms. The van der Waals surface area contributed by atoms with Gasteiger partial charge in [-0.2, -0.15) is 10.2 Å². The lowest BCUT2D eigenvalue weighted by molar-refractivity contribution is -0.125. The highest BCUT2D eigenvalue weighted by molar-refractivity contribution is 6.53. The Morgan fingerprint density at radius 3 is 2.79 bits per heavy atom. The smallest absolute Gasteiger partial charge is 0.249 e. The minimum Gasteiger partial charge on any atom is -0.272 e. The van der Waals surface area contributed by atoms with Crippen LogP contribution in [0, 0.1) is 12.3 Å². The number of aromatic nitrogens is 2. The van der Waals surface area contributed by atoms with Crippen LogP contribution in [0.15, 0.2) is 11.3 Å². The topological polar surface area (TPSA) is 59.3 Å². The fourth-order valence-corrected chi connectivity index (χ4v) is 2.46. The first-order valence-electron chi connectivity index (χ1n) is 6.05. The largest absolute Gasteiger partial charge is 0.272 e. The Morgan fingerprint density at radius 1 is 1.68 bits per heavy atom. The summed E-state index contributed by atoms with van der Waals surface area (Å²) >= 11 is 11.9. The maximum Gasteiger partial charge on any atom is 0.249 e. The number of carbonyl (C=O) groups excluding carboxylic acids is 1. The number of hydrogen-bond donors (Lipinski definition) is 1. The summed E-state index contributed by atoms with van der Waals surface area (Å²) in [5, 5.41) is 8.21. The van der Waals surface area contributed by atoms with Gasteiger partial charge in [0.1, 0.15) is 4.33 Å². The summed E-state index contributed by atoms with van der Waals surface area (Å²) < 4.78 is 0.832. The Morgan fingerprint density at radius 2 is 2.32 bits per heavy atom. The first-order chi connectivity index (χ1) is 8.80. The molecule has 1 amide bonds. The second-order valence-corrected chi connectivity index (χ2v) is 6.42. The highest BCUT2D eigenvalue weighted by Gasteiger charge is 2.68. The summed E-state index contributed by atoms with van der Waals surface area (Å²) in [6.45, 7) is 6.40. The van der Waals surface area contributed by atoms with Gasteiger partial charge < -0.3 is 0 Å². The molecule has 1 aliphatic rings. The lowest BCUT2D eigenvalue weighted by Crippen LogP contribution is -2.29. The van der Waals surface area contributed by atoms with Gasteiger partial charge >= 0.3 is 0 Å². The number of amides is 1. The van der Waals surface area contributed by atoms with Crippen LogP contribution in [0.5, 0.6) is 0 Å². The molecular formula is C12H16Cl2N4O. The van der Waals surface area contributed by atoms with Crippen molar-refractivity contribution in [1.29, 1.82) is 0 Å². The summed E-state index contributed by atoms with van der Waals surface area (Å²) in [4.78, 5) is 11.9. The Balaban J connectivity index is 1.97. The van der Waals surface area contributed by atoms with Gasteiger partial charge in [-0.25, -0.2) is 5.43 Å². The monoisotopic (exact) mass is 302 g/mol. The van der Waals surface area contributed by atoms with Crippen LogP contribution in [0.25, 0.3) is 0 Å². The predicted octanol–water partition coefficient (Wildman–Crippen LogP) is 2.25. The number of nitrogens with one attached hydrogen (secondary N) is 1. The van der Waals surface area contributed by atoms with Crippen LogP contribution < -0.4 is 5.43 Å². The molecule has 0 aromatic carbocycles. The molecule has 0 unspecified atom stereocenters. The fraction of sp³-hybridized carbons (Fsp3) is 0.583. The number of alkyl halides is 2. The van der Waals surface area contributed by atoms with Gasteiger partial charge in [0.2, 0.25) is 5.91 Å². The van der Waals surface area contributed by atoms with Crippen LogP contribution >= 0.6 is 23.2 Å². The zero-order valence-electron chi connectivity index (χ0n) is 11.1. The summed E-state index contributed by atoms with van der Waals surface area (Å²) in [7, 11) is 0. The van der Waals surface area contributed by atoms with Crippen LogP contribution in [0.1, 0.15) is 31.5 Å². The van der Waals surface area contributed by atoms with Crippen molar-refractivity contribution in [3.8, 4) is 0 Å². The van der Waals surface area contributed by atoms with Crippen molar-refractivity contribution in [2.45, 2.75) is 38.1 Å². The molecule has 1 heterocycles. The van der Waals surface area contributed by atoms with Crippen molar-refractivity contribution in [3.63, 3.8) is 0 Å². The van der Waals surface area contributed by atoms with Crippen molar-refractivity contribution < 1.29 is 4.79 Å². The Labute approximate surface area is 122 Å². The number of aryl methyl sites for hydroxylation is 2. The predicted molar refractivity (Wildman–Crippen MR) is 75.5 cm³/mol. The number of hydrazone groups is 1. The average molecular weight is 303 g/mol. The van der Waals surface area contributed by atoms with Gasteiger partial charge in [-0.3, -0.25) is 9.48 Å². The van der Waals surface area contributed by atoms with Crippen LogP contribution in [0.2, 0.25) is 0 Å². The van der Waals surface area contributed by atoms with Crippen molar-refractivity contribution in [2.75, 3.05) is 0 Å². The zero-order valence-corrected chi connectivity index (χ0v) is 12.6. The lowest BCUT2D eigenvalue weighted by atomic mass is 10.1. The minimum absolute atomic E-state index is 0.269. The number of rotatable bonds is 4. The summed E-state index contributed by atoms with van der Waals surface area (Å²) in [5.74, 6) is -0.269. The molecule has 0 radical (unpaired) electrons. The minimum atomic E-state index is -0.977. The third kappa shape index (κ3) is 2.62. The van der Waals surface area contributed by atoms with Gasteiger partial charge in [0, 0.05) is 18.3 Å². The second-order valence-electron chi connectivity index (χ2n) is 4.94. The molecule has 19 heavy (non-hydrogen) atoms. The van der Waals surface area contributed by atoms with Crippen molar-refractivity contribution in [1.82, 2.24) is 15.2 Å². The molecule has 1 atom stereocenters. The van der Waals surface area contributed by atoms with E-state index < -0.39 is 9.75 Å². The van der Waals surface area contributed by atoms with E-state index in [4.69, 9.17) is 23.2 Å². The summed E-state index contributed by atoms with van der Waals surface area (Å²) in [6, 6.07) is 0. The molecule has 1 aliphatic carbocycles. The van der Waals surface area contributed by atoms with E-state index in [2.05, 4.69) is 15.6 Å².